The number of ether oxygens (including phenoxy) is 3. The second-order valence-corrected chi connectivity index (χ2v) is 5.93. The van der Waals surface area contributed by atoms with E-state index in [1.165, 1.54) is 18.2 Å². The van der Waals surface area contributed by atoms with E-state index in [-0.39, 0.29) is 11.1 Å². The largest absolute Gasteiger partial charge is 0.486 e. The molecule has 2 heterocycles. The molecule has 25 heavy (non-hydrogen) atoms. The van der Waals surface area contributed by atoms with Crippen LogP contribution in [0.4, 0.5) is 5.00 Å². The van der Waals surface area contributed by atoms with E-state index in [0.717, 1.165) is 11.3 Å². The number of nitrogens with two attached hydrogens (primary N) is 1. The second kappa shape index (κ2) is 7.22. The monoisotopic (exact) mass is 362 g/mol. The first-order valence-electron chi connectivity index (χ1n) is 7.28. The Balaban J connectivity index is 1.57. The molecule has 0 spiro atoms. The molecule has 0 unspecified atom stereocenters. The molecule has 1 aliphatic rings. The summed E-state index contributed by atoms with van der Waals surface area (Å²) >= 11 is 1.15. The van der Waals surface area contributed by atoms with E-state index in [1.807, 2.05) is 0 Å². The number of rotatable bonds is 5. The summed E-state index contributed by atoms with van der Waals surface area (Å²) in [7, 11) is 0. The van der Waals surface area contributed by atoms with E-state index in [0.29, 0.717) is 29.7 Å². The molecule has 3 N–H and O–H groups in total. The fourth-order valence-electron chi connectivity index (χ4n) is 2.15. The third kappa shape index (κ3) is 3.89. The van der Waals surface area contributed by atoms with Crippen LogP contribution < -0.4 is 20.5 Å². The number of fused-ring (bicyclic) bond motifs is 1. The molecule has 0 saturated carbocycles. The molecule has 1 aromatic heterocycles. The van der Waals surface area contributed by atoms with E-state index < -0.39 is 24.4 Å². The van der Waals surface area contributed by atoms with Crippen LogP contribution in [0.3, 0.4) is 0 Å². The SMILES string of the molecule is NC(=O)c1ccsc1NC(=O)COC(=O)c1ccc2c(c1)OCCO2. The number of anilines is 1. The summed E-state index contributed by atoms with van der Waals surface area (Å²) < 4.78 is 15.7. The Hall–Kier alpha value is -3.07. The lowest BCUT2D eigenvalue weighted by atomic mass is 10.2. The lowest BCUT2D eigenvalue weighted by Crippen LogP contribution is -2.22. The van der Waals surface area contributed by atoms with Gasteiger partial charge in [-0.25, -0.2) is 4.79 Å². The van der Waals surface area contributed by atoms with Crippen molar-refractivity contribution in [3.8, 4) is 11.5 Å². The van der Waals surface area contributed by atoms with Gasteiger partial charge in [-0.1, -0.05) is 0 Å². The number of esters is 1. The first kappa shape index (κ1) is 16.8. The number of thiophene rings is 1. The molecule has 0 saturated heterocycles. The number of carbonyl (C=O) groups excluding carboxylic acids is 3. The molecule has 3 rings (SSSR count). The molecular weight excluding hydrogens is 348 g/mol. The molecule has 0 atom stereocenters. The zero-order valence-electron chi connectivity index (χ0n) is 12.9. The highest BCUT2D eigenvalue weighted by atomic mass is 32.1. The average molecular weight is 362 g/mol. The summed E-state index contributed by atoms with van der Waals surface area (Å²) in [6, 6.07) is 6.14. The van der Waals surface area contributed by atoms with Crippen LogP contribution in [0.2, 0.25) is 0 Å². The second-order valence-electron chi connectivity index (χ2n) is 5.01. The molecule has 1 aromatic carbocycles. The van der Waals surface area contributed by atoms with E-state index in [1.54, 1.807) is 11.4 Å². The number of carbonyl (C=O) groups is 3. The Labute approximate surface area is 146 Å². The maximum Gasteiger partial charge on any atom is 0.338 e. The van der Waals surface area contributed by atoms with Crippen molar-refractivity contribution in [2.24, 2.45) is 5.73 Å². The molecule has 0 bridgehead atoms. The predicted molar refractivity (Wildman–Crippen MR) is 89.2 cm³/mol. The Morgan fingerprint density at radius 2 is 1.92 bits per heavy atom. The normalized spacial score (nSPS) is 12.3. The van der Waals surface area contributed by atoms with Crippen LogP contribution in [-0.4, -0.2) is 37.6 Å². The van der Waals surface area contributed by atoms with E-state index in [2.05, 4.69) is 5.32 Å². The van der Waals surface area contributed by atoms with Gasteiger partial charge in [-0.2, -0.15) is 0 Å². The summed E-state index contributed by atoms with van der Waals surface area (Å²) in [5, 5.41) is 4.42. The summed E-state index contributed by atoms with van der Waals surface area (Å²) in [5.41, 5.74) is 5.64. The first-order chi connectivity index (χ1) is 12.0. The Kier molecular flexibility index (Phi) is 4.85. The topological polar surface area (TPSA) is 117 Å². The molecule has 2 aromatic rings. The van der Waals surface area contributed by atoms with Crippen molar-refractivity contribution in [1.82, 2.24) is 0 Å². The summed E-state index contributed by atoms with van der Waals surface area (Å²) in [4.78, 5) is 35.1. The van der Waals surface area contributed by atoms with Crippen LogP contribution >= 0.6 is 11.3 Å². The van der Waals surface area contributed by atoms with Crippen molar-refractivity contribution in [1.29, 1.82) is 0 Å². The highest BCUT2D eigenvalue weighted by Gasteiger charge is 2.17. The number of benzene rings is 1. The lowest BCUT2D eigenvalue weighted by Gasteiger charge is -2.18. The van der Waals surface area contributed by atoms with Gasteiger partial charge in [0.05, 0.1) is 11.1 Å². The molecule has 9 heteroatoms. The highest BCUT2D eigenvalue weighted by molar-refractivity contribution is 7.14. The number of primary amides is 1. The molecule has 0 aliphatic carbocycles. The Morgan fingerprint density at radius 1 is 1.16 bits per heavy atom. The minimum Gasteiger partial charge on any atom is -0.486 e. The van der Waals surface area contributed by atoms with Gasteiger partial charge in [0.15, 0.2) is 18.1 Å². The first-order valence-corrected chi connectivity index (χ1v) is 8.16. The molecule has 8 nitrogen and oxygen atoms in total. The average Bonchev–Trinajstić information content (AvgIpc) is 3.07. The molecule has 0 fully saturated rings. The van der Waals surface area contributed by atoms with E-state index in [9.17, 15) is 14.4 Å². The van der Waals surface area contributed by atoms with Crippen LogP contribution in [0, 0.1) is 0 Å². The molecule has 130 valence electrons. The van der Waals surface area contributed by atoms with Gasteiger partial charge in [0.1, 0.15) is 18.2 Å². The standard InChI is InChI=1S/C16H14N2O6S/c17-14(20)10-3-6-25-15(10)18-13(19)8-24-16(21)9-1-2-11-12(7-9)23-5-4-22-11/h1-3,6-7H,4-5,8H2,(H2,17,20)(H,18,19). The zero-order chi connectivity index (χ0) is 17.8. The van der Waals surface area contributed by atoms with Crippen LogP contribution in [-0.2, 0) is 9.53 Å². The number of nitrogens with one attached hydrogen (secondary N) is 1. The lowest BCUT2D eigenvalue weighted by molar-refractivity contribution is -0.119. The van der Waals surface area contributed by atoms with Crippen LogP contribution in [0.1, 0.15) is 20.7 Å². The van der Waals surface area contributed by atoms with Crippen molar-refractivity contribution in [2.75, 3.05) is 25.1 Å². The van der Waals surface area contributed by atoms with E-state index >= 15 is 0 Å². The van der Waals surface area contributed by atoms with Gasteiger partial charge < -0.3 is 25.3 Å². The summed E-state index contributed by atoms with van der Waals surface area (Å²) in [5.74, 6) is -0.888. The minimum absolute atomic E-state index is 0.205. The molecule has 2 amide bonds. The van der Waals surface area contributed by atoms with Crippen molar-refractivity contribution in [3.63, 3.8) is 0 Å². The molecule has 1 aliphatic heterocycles. The van der Waals surface area contributed by atoms with Crippen LogP contribution in [0.25, 0.3) is 0 Å². The fraction of sp³-hybridized carbons (Fsp3) is 0.188. The molecular formula is C16H14N2O6S. The highest BCUT2D eigenvalue weighted by Crippen LogP contribution is 2.31. The van der Waals surface area contributed by atoms with Gasteiger partial charge in [0.2, 0.25) is 0 Å². The number of hydrogen-bond donors (Lipinski definition) is 2. The zero-order valence-corrected chi connectivity index (χ0v) is 13.8. The van der Waals surface area contributed by atoms with E-state index in [4.69, 9.17) is 19.9 Å². The Bertz CT molecular complexity index is 832. The smallest absolute Gasteiger partial charge is 0.338 e. The predicted octanol–water partition coefficient (Wildman–Crippen LogP) is 1.41. The van der Waals surface area contributed by atoms with Crippen molar-refractivity contribution in [2.45, 2.75) is 0 Å². The van der Waals surface area contributed by atoms with Gasteiger partial charge in [-0.15, -0.1) is 11.3 Å². The van der Waals surface area contributed by atoms with Crippen LogP contribution in [0.5, 0.6) is 11.5 Å². The van der Waals surface area contributed by atoms with Gasteiger partial charge >= 0.3 is 5.97 Å². The summed E-state index contributed by atoms with van der Waals surface area (Å²) in [6.45, 7) is 0.354. The Morgan fingerprint density at radius 3 is 2.68 bits per heavy atom. The summed E-state index contributed by atoms with van der Waals surface area (Å²) in [6.07, 6.45) is 0. The third-order valence-corrected chi connectivity index (χ3v) is 4.13. The molecule has 0 radical (unpaired) electrons. The van der Waals surface area contributed by atoms with Gasteiger partial charge in [-0.3, -0.25) is 9.59 Å². The maximum atomic E-state index is 12.0. The quantitative estimate of drug-likeness (QED) is 0.777. The maximum absolute atomic E-state index is 12.0. The minimum atomic E-state index is -0.673. The van der Waals surface area contributed by atoms with Gasteiger partial charge in [0.25, 0.3) is 11.8 Å². The number of amides is 2. The fourth-order valence-corrected chi connectivity index (χ4v) is 2.96. The third-order valence-electron chi connectivity index (χ3n) is 3.30. The van der Waals surface area contributed by atoms with Crippen molar-refractivity contribution >= 4 is 34.1 Å². The van der Waals surface area contributed by atoms with Crippen molar-refractivity contribution in [3.05, 3.63) is 40.8 Å². The van der Waals surface area contributed by atoms with Crippen molar-refractivity contribution < 1.29 is 28.6 Å². The van der Waals surface area contributed by atoms with Gasteiger partial charge in [-0.05, 0) is 29.6 Å². The van der Waals surface area contributed by atoms with Crippen LogP contribution in [0.15, 0.2) is 29.6 Å². The number of hydrogen-bond acceptors (Lipinski definition) is 7. The van der Waals surface area contributed by atoms with Gasteiger partial charge in [0, 0.05) is 0 Å².